The molecule has 0 atom stereocenters. The molecule has 0 aliphatic heterocycles. The molecule has 0 saturated heterocycles. The zero-order valence-corrected chi connectivity index (χ0v) is 15.1. The van der Waals surface area contributed by atoms with Crippen LogP contribution in [0, 0.1) is 0 Å². The minimum absolute atomic E-state index is 0.142. The van der Waals surface area contributed by atoms with E-state index in [-0.39, 0.29) is 6.03 Å². The van der Waals surface area contributed by atoms with Crippen molar-refractivity contribution in [2.75, 3.05) is 19.4 Å². The van der Waals surface area contributed by atoms with E-state index in [1.165, 1.54) is 29.5 Å². The SMILES string of the molecule is CN(C)Cc1ccc(CNC(=O)Nc2cccc3c2CCCC3)cc1. The number of fused-ring (bicyclic) bond motifs is 1. The van der Waals surface area contributed by atoms with Crippen molar-refractivity contribution >= 4 is 11.7 Å². The average molecular weight is 337 g/mol. The van der Waals surface area contributed by atoms with Crippen molar-refractivity contribution in [3.05, 3.63) is 64.7 Å². The highest BCUT2D eigenvalue weighted by molar-refractivity contribution is 5.90. The predicted molar refractivity (Wildman–Crippen MR) is 103 cm³/mol. The van der Waals surface area contributed by atoms with Gasteiger partial charge >= 0.3 is 6.03 Å². The van der Waals surface area contributed by atoms with E-state index in [1.807, 2.05) is 12.1 Å². The Labute approximate surface area is 150 Å². The molecule has 3 rings (SSSR count). The molecule has 0 radical (unpaired) electrons. The van der Waals surface area contributed by atoms with Gasteiger partial charge in [0.25, 0.3) is 0 Å². The summed E-state index contributed by atoms with van der Waals surface area (Å²) in [6.45, 7) is 1.45. The third-order valence-electron chi connectivity index (χ3n) is 4.62. The molecule has 0 bridgehead atoms. The summed E-state index contributed by atoms with van der Waals surface area (Å²) >= 11 is 0. The fourth-order valence-corrected chi connectivity index (χ4v) is 3.37. The molecule has 2 aromatic rings. The van der Waals surface area contributed by atoms with Crippen LogP contribution >= 0.6 is 0 Å². The van der Waals surface area contributed by atoms with Gasteiger partial charge in [0.2, 0.25) is 0 Å². The second-order valence-electron chi connectivity index (χ2n) is 7.01. The lowest BCUT2D eigenvalue weighted by Gasteiger charge is -2.19. The zero-order valence-electron chi connectivity index (χ0n) is 15.1. The molecule has 132 valence electrons. The Balaban J connectivity index is 1.55. The minimum Gasteiger partial charge on any atom is -0.334 e. The van der Waals surface area contributed by atoms with E-state index >= 15 is 0 Å². The average Bonchev–Trinajstić information content (AvgIpc) is 2.61. The van der Waals surface area contributed by atoms with Crippen molar-refractivity contribution in [1.29, 1.82) is 0 Å². The molecule has 0 aromatic heterocycles. The molecule has 0 spiro atoms. The molecule has 2 amide bonds. The van der Waals surface area contributed by atoms with Crippen LogP contribution in [0.4, 0.5) is 10.5 Å². The molecule has 0 unspecified atom stereocenters. The molecular weight excluding hydrogens is 310 g/mol. The summed E-state index contributed by atoms with van der Waals surface area (Å²) in [6, 6.07) is 14.4. The van der Waals surface area contributed by atoms with Gasteiger partial charge in [-0.1, -0.05) is 36.4 Å². The Bertz CT molecular complexity index is 722. The number of urea groups is 1. The fraction of sp³-hybridized carbons (Fsp3) is 0.381. The number of carbonyl (C=O) groups is 1. The predicted octanol–water partition coefficient (Wildman–Crippen LogP) is 3.95. The van der Waals surface area contributed by atoms with Crippen LogP contribution in [0.5, 0.6) is 0 Å². The van der Waals surface area contributed by atoms with Crippen LogP contribution in [0.1, 0.15) is 35.1 Å². The lowest BCUT2D eigenvalue weighted by Crippen LogP contribution is -2.29. The van der Waals surface area contributed by atoms with E-state index in [1.54, 1.807) is 0 Å². The van der Waals surface area contributed by atoms with Gasteiger partial charge in [0.15, 0.2) is 0 Å². The number of nitrogens with one attached hydrogen (secondary N) is 2. The largest absolute Gasteiger partial charge is 0.334 e. The summed E-state index contributed by atoms with van der Waals surface area (Å²) in [5.74, 6) is 0. The molecule has 1 aliphatic carbocycles. The van der Waals surface area contributed by atoms with Gasteiger partial charge in [0, 0.05) is 18.8 Å². The lowest BCUT2D eigenvalue weighted by molar-refractivity contribution is 0.251. The number of anilines is 1. The summed E-state index contributed by atoms with van der Waals surface area (Å²) < 4.78 is 0. The Kier molecular flexibility index (Phi) is 5.71. The first-order valence-electron chi connectivity index (χ1n) is 9.00. The molecule has 2 N–H and O–H groups in total. The highest BCUT2D eigenvalue weighted by Crippen LogP contribution is 2.27. The summed E-state index contributed by atoms with van der Waals surface area (Å²) in [5.41, 5.74) is 6.01. The van der Waals surface area contributed by atoms with Gasteiger partial charge in [-0.25, -0.2) is 4.79 Å². The van der Waals surface area contributed by atoms with Crippen molar-refractivity contribution in [1.82, 2.24) is 10.2 Å². The second-order valence-corrected chi connectivity index (χ2v) is 7.01. The molecule has 1 aliphatic rings. The van der Waals surface area contributed by atoms with Crippen molar-refractivity contribution in [2.45, 2.75) is 38.8 Å². The van der Waals surface area contributed by atoms with Gasteiger partial charge in [-0.05, 0) is 68.1 Å². The minimum atomic E-state index is -0.142. The number of amides is 2. The summed E-state index contributed by atoms with van der Waals surface area (Å²) in [7, 11) is 4.12. The topological polar surface area (TPSA) is 44.4 Å². The highest BCUT2D eigenvalue weighted by atomic mass is 16.2. The standard InChI is InChI=1S/C21H27N3O/c1-24(2)15-17-12-10-16(11-13-17)14-22-21(25)23-20-9-5-7-18-6-3-4-8-19(18)20/h5,7,9-13H,3-4,6,8,14-15H2,1-2H3,(H2,22,23,25). The van der Waals surface area contributed by atoms with E-state index in [4.69, 9.17) is 0 Å². The number of benzene rings is 2. The molecular formula is C21H27N3O. The Morgan fingerprint density at radius 1 is 1.00 bits per heavy atom. The molecule has 25 heavy (non-hydrogen) atoms. The van der Waals surface area contributed by atoms with Crippen LogP contribution in [0.3, 0.4) is 0 Å². The molecule has 4 heteroatoms. The number of hydrogen-bond donors (Lipinski definition) is 2. The van der Waals surface area contributed by atoms with E-state index in [9.17, 15) is 4.79 Å². The fourth-order valence-electron chi connectivity index (χ4n) is 3.37. The molecule has 0 fully saturated rings. The van der Waals surface area contributed by atoms with E-state index in [0.29, 0.717) is 6.54 Å². The number of rotatable bonds is 5. The summed E-state index contributed by atoms with van der Waals surface area (Å²) in [4.78, 5) is 14.4. The van der Waals surface area contributed by atoms with Gasteiger partial charge in [0.05, 0.1) is 0 Å². The van der Waals surface area contributed by atoms with Gasteiger partial charge < -0.3 is 15.5 Å². The van der Waals surface area contributed by atoms with Gasteiger partial charge in [-0.15, -0.1) is 0 Å². The molecule has 4 nitrogen and oxygen atoms in total. The maximum atomic E-state index is 12.3. The van der Waals surface area contributed by atoms with Crippen LogP contribution in [0.25, 0.3) is 0 Å². The van der Waals surface area contributed by atoms with E-state index < -0.39 is 0 Å². The van der Waals surface area contributed by atoms with Crippen LogP contribution in [0.2, 0.25) is 0 Å². The number of carbonyl (C=O) groups excluding carboxylic acids is 1. The number of hydrogen-bond acceptors (Lipinski definition) is 2. The van der Waals surface area contributed by atoms with Crippen molar-refractivity contribution in [2.24, 2.45) is 0 Å². The van der Waals surface area contributed by atoms with Gasteiger partial charge in [-0.2, -0.15) is 0 Å². The zero-order chi connectivity index (χ0) is 17.6. The summed E-state index contributed by atoms with van der Waals surface area (Å²) in [5, 5.41) is 5.98. The van der Waals surface area contributed by atoms with Gasteiger partial charge in [0.1, 0.15) is 0 Å². The highest BCUT2D eigenvalue weighted by Gasteiger charge is 2.14. The van der Waals surface area contributed by atoms with E-state index in [0.717, 1.165) is 30.6 Å². The number of aryl methyl sites for hydroxylation is 1. The van der Waals surface area contributed by atoms with Gasteiger partial charge in [-0.3, -0.25) is 0 Å². The molecule has 0 saturated carbocycles. The van der Waals surface area contributed by atoms with E-state index in [2.05, 4.69) is 60.0 Å². The van der Waals surface area contributed by atoms with Crippen LogP contribution in [0.15, 0.2) is 42.5 Å². The first kappa shape index (κ1) is 17.5. The maximum absolute atomic E-state index is 12.3. The van der Waals surface area contributed by atoms with Crippen LogP contribution < -0.4 is 10.6 Å². The van der Waals surface area contributed by atoms with Crippen LogP contribution in [-0.2, 0) is 25.9 Å². The third-order valence-corrected chi connectivity index (χ3v) is 4.62. The van der Waals surface area contributed by atoms with Crippen molar-refractivity contribution < 1.29 is 4.79 Å². The Morgan fingerprint density at radius 3 is 2.48 bits per heavy atom. The first-order chi connectivity index (χ1) is 12.1. The monoisotopic (exact) mass is 337 g/mol. The van der Waals surface area contributed by atoms with Crippen molar-refractivity contribution in [3.63, 3.8) is 0 Å². The quantitative estimate of drug-likeness (QED) is 0.868. The molecule has 0 heterocycles. The Hall–Kier alpha value is -2.33. The van der Waals surface area contributed by atoms with Crippen LogP contribution in [-0.4, -0.2) is 25.0 Å². The Morgan fingerprint density at radius 2 is 1.72 bits per heavy atom. The molecule has 2 aromatic carbocycles. The first-order valence-corrected chi connectivity index (χ1v) is 9.00. The smallest absolute Gasteiger partial charge is 0.319 e. The third kappa shape index (κ3) is 4.83. The summed E-state index contributed by atoms with van der Waals surface area (Å²) in [6.07, 6.45) is 4.62. The lowest BCUT2D eigenvalue weighted by atomic mass is 9.90. The normalized spacial score (nSPS) is 13.4. The van der Waals surface area contributed by atoms with Crippen molar-refractivity contribution in [3.8, 4) is 0 Å². The number of nitrogens with zero attached hydrogens (tertiary/aromatic N) is 1. The maximum Gasteiger partial charge on any atom is 0.319 e. The second kappa shape index (κ2) is 8.17.